The van der Waals surface area contributed by atoms with Gasteiger partial charge in [-0.3, -0.25) is 0 Å². The largest absolute Gasteiger partial charge is 4.00 e. The van der Waals surface area contributed by atoms with Crippen molar-refractivity contribution in [3.8, 4) is 33.9 Å². The Morgan fingerprint density at radius 2 is 0.784 bits per heavy atom. The molecule has 2 aromatic heterocycles. The molecule has 0 N–H and O–H groups in total. The fourth-order valence-electron chi connectivity index (χ4n) is 5.24. The minimum atomic E-state index is -0.697. The van der Waals surface area contributed by atoms with Gasteiger partial charge in [-0.25, -0.2) is 41.8 Å². The number of halogens is 4. The van der Waals surface area contributed by atoms with Crippen molar-refractivity contribution < 1.29 is 39.3 Å². The van der Waals surface area contributed by atoms with E-state index in [1.54, 1.807) is 9.13 Å². The summed E-state index contributed by atoms with van der Waals surface area (Å²) in [5.41, 5.74) is 6.03. The third-order valence-electron chi connectivity index (χ3n) is 7.57. The van der Waals surface area contributed by atoms with Gasteiger partial charge < -0.3 is 9.13 Å². The van der Waals surface area contributed by atoms with Gasteiger partial charge in [-0.1, -0.05) is 60.7 Å². The van der Waals surface area contributed by atoms with Crippen molar-refractivity contribution in [1.82, 2.24) is 9.13 Å². The zero-order valence-electron chi connectivity index (χ0n) is 28.1. The van der Waals surface area contributed by atoms with Gasteiger partial charge in [0, 0.05) is 46.0 Å². The summed E-state index contributed by atoms with van der Waals surface area (Å²) in [6, 6.07) is 56.5. The fourth-order valence-corrected chi connectivity index (χ4v) is 5.24. The van der Waals surface area contributed by atoms with E-state index < -0.39 is 23.3 Å². The van der Waals surface area contributed by atoms with Gasteiger partial charge in [0.25, 0.3) is 0 Å². The summed E-state index contributed by atoms with van der Waals surface area (Å²) in [5, 5.41) is 0. The molecule has 8 aromatic rings. The van der Waals surface area contributed by atoms with Crippen molar-refractivity contribution in [2.75, 3.05) is 0 Å². The second-order valence-corrected chi connectivity index (χ2v) is 11.1. The summed E-state index contributed by atoms with van der Waals surface area (Å²) < 4.78 is 57.5. The fraction of sp³-hybridized carbons (Fsp3) is 0.0455. The summed E-state index contributed by atoms with van der Waals surface area (Å²) in [6.07, 6.45) is 0. The van der Waals surface area contributed by atoms with Gasteiger partial charge in [0.15, 0.2) is 0 Å². The van der Waals surface area contributed by atoms with Crippen LogP contribution in [0.15, 0.2) is 170 Å². The maximum Gasteiger partial charge on any atom is 4.00 e. The molecule has 7 heteroatoms. The third kappa shape index (κ3) is 10.3. The van der Waals surface area contributed by atoms with Crippen LogP contribution >= 0.6 is 0 Å². The molecule has 0 spiro atoms. The first-order chi connectivity index (χ1) is 24.3. The number of benzene rings is 4. The molecule has 6 aromatic carbocycles. The molecule has 0 atom stereocenters. The molecule has 51 heavy (non-hydrogen) atoms. The SMILES string of the molecule is Cc1ccc(-c2ccccc2)n1-c1ccc(F)[c-]c1F.Cc1ccc(-c2ccccc2)n1-c1ccc(F)[c-]c1F.[Ti+4].c1cc[cH-]c1.c1cc[cH-]c1. The maximum absolute atomic E-state index is 14.0. The number of nitrogens with zero attached hydrogens (tertiary/aromatic N) is 2. The van der Waals surface area contributed by atoms with E-state index in [2.05, 4.69) is 12.1 Å². The van der Waals surface area contributed by atoms with E-state index in [9.17, 15) is 17.6 Å². The summed E-state index contributed by atoms with van der Waals surface area (Å²) >= 11 is 0. The zero-order chi connectivity index (χ0) is 35.3. The van der Waals surface area contributed by atoms with Gasteiger partial charge in [0.2, 0.25) is 0 Å². The zero-order valence-corrected chi connectivity index (χ0v) is 29.6. The van der Waals surface area contributed by atoms with E-state index in [1.807, 2.05) is 159 Å². The molecular formula is C44H34F4N2Ti. The number of aromatic nitrogens is 2. The van der Waals surface area contributed by atoms with Gasteiger partial charge in [0.05, 0.1) is 0 Å². The van der Waals surface area contributed by atoms with E-state index in [-0.39, 0.29) is 21.7 Å². The monoisotopic (exact) mass is 714 g/mol. The van der Waals surface area contributed by atoms with Gasteiger partial charge in [-0.2, -0.15) is 36.4 Å². The number of hydrogen-bond donors (Lipinski definition) is 0. The molecule has 252 valence electrons. The van der Waals surface area contributed by atoms with Crippen LogP contribution in [-0.4, -0.2) is 9.13 Å². The summed E-state index contributed by atoms with van der Waals surface area (Å²) in [6.45, 7) is 3.77. The van der Waals surface area contributed by atoms with Gasteiger partial charge in [-0.15, -0.1) is 36.4 Å². The van der Waals surface area contributed by atoms with Crippen molar-refractivity contribution in [2.45, 2.75) is 13.8 Å². The normalized spacial score (nSPS) is 10.0. The Morgan fingerprint density at radius 1 is 0.431 bits per heavy atom. The minimum absolute atomic E-state index is 0. The van der Waals surface area contributed by atoms with E-state index in [4.69, 9.17) is 0 Å². The molecule has 0 bridgehead atoms. The average Bonchev–Trinajstić information content (AvgIpc) is 3.97. The Hall–Kier alpha value is -5.43. The molecule has 0 aliphatic carbocycles. The summed E-state index contributed by atoms with van der Waals surface area (Å²) in [7, 11) is 0. The third-order valence-corrected chi connectivity index (χ3v) is 7.57. The van der Waals surface area contributed by atoms with Crippen molar-refractivity contribution in [3.63, 3.8) is 0 Å². The maximum atomic E-state index is 14.0. The Balaban J connectivity index is 0.000000177. The molecule has 0 aliphatic heterocycles. The molecule has 0 amide bonds. The molecule has 8 rings (SSSR count). The van der Waals surface area contributed by atoms with E-state index >= 15 is 0 Å². The van der Waals surface area contributed by atoms with Gasteiger partial charge in [0.1, 0.15) is 0 Å². The topological polar surface area (TPSA) is 9.86 Å². The van der Waals surface area contributed by atoms with Crippen LogP contribution in [-0.2, 0) is 21.7 Å². The summed E-state index contributed by atoms with van der Waals surface area (Å²) in [4.78, 5) is 0. The first-order valence-corrected chi connectivity index (χ1v) is 15.9. The second kappa shape index (κ2) is 19.1. The first-order valence-electron chi connectivity index (χ1n) is 15.9. The van der Waals surface area contributed by atoms with Gasteiger partial charge >= 0.3 is 21.7 Å². The molecule has 2 nitrogen and oxygen atoms in total. The smallest absolute Gasteiger partial charge is 0.366 e. The Kier molecular flexibility index (Phi) is 14.4. The van der Waals surface area contributed by atoms with Gasteiger partial charge in [-0.05, 0) is 60.6 Å². The molecule has 2 heterocycles. The van der Waals surface area contributed by atoms with Crippen LogP contribution in [0.5, 0.6) is 0 Å². The molecule has 0 radical (unpaired) electrons. The predicted molar refractivity (Wildman–Crippen MR) is 193 cm³/mol. The Morgan fingerprint density at radius 3 is 1.08 bits per heavy atom. The van der Waals surface area contributed by atoms with Crippen LogP contribution in [0.1, 0.15) is 11.4 Å². The van der Waals surface area contributed by atoms with E-state index in [0.29, 0.717) is 11.4 Å². The van der Waals surface area contributed by atoms with E-state index in [1.165, 1.54) is 24.3 Å². The molecule has 0 unspecified atom stereocenters. The van der Waals surface area contributed by atoms with Crippen LogP contribution in [0.4, 0.5) is 17.6 Å². The predicted octanol–water partition coefficient (Wildman–Crippen LogP) is 11.9. The first kappa shape index (κ1) is 38.4. The van der Waals surface area contributed by atoms with Crippen LogP contribution in [0.25, 0.3) is 33.9 Å². The molecule has 0 saturated carbocycles. The Bertz CT molecular complexity index is 1970. The van der Waals surface area contributed by atoms with Crippen LogP contribution < -0.4 is 0 Å². The van der Waals surface area contributed by atoms with Crippen molar-refractivity contribution >= 4 is 0 Å². The van der Waals surface area contributed by atoms with Crippen LogP contribution in [0.2, 0.25) is 0 Å². The Labute approximate surface area is 311 Å². The molecular weight excluding hydrogens is 680 g/mol. The minimum Gasteiger partial charge on any atom is -0.366 e. The molecule has 0 fully saturated rings. The average molecular weight is 715 g/mol. The number of hydrogen-bond acceptors (Lipinski definition) is 0. The second-order valence-electron chi connectivity index (χ2n) is 11.1. The van der Waals surface area contributed by atoms with Crippen molar-refractivity contribution in [2.24, 2.45) is 0 Å². The molecule has 0 saturated heterocycles. The number of rotatable bonds is 4. The standard InChI is InChI=1S/2C17H12F2N.2C5H5.Ti/c2*1-12-7-9-16(13-5-3-2-4-6-13)20(12)17-10-8-14(18)11-15(17)19;2*1-2-4-5-3-1;/h2*2-10H,1H3;2*1-5H;/q4*-1;+4. The van der Waals surface area contributed by atoms with Crippen molar-refractivity contribution in [3.05, 3.63) is 217 Å². The van der Waals surface area contributed by atoms with Crippen LogP contribution in [0.3, 0.4) is 0 Å². The van der Waals surface area contributed by atoms with Crippen LogP contribution in [0, 0.1) is 49.2 Å². The number of aryl methyl sites for hydroxylation is 2. The van der Waals surface area contributed by atoms with Crippen molar-refractivity contribution in [1.29, 1.82) is 0 Å². The van der Waals surface area contributed by atoms with E-state index in [0.717, 1.165) is 33.9 Å². The molecule has 0 aliphatic rings. The quantitative estimate of drug-likeness (QED) is 0.0976. The summed E-state index contributed by atoms with van der Waals surface area (Å²) in [5.74, 6) is -2.78.